The van der Waals surface area contributed by atoms with E-state index in [0.717, 1.165) is 6.42 Å². The zero-order chi connectivity index (χ0) is 11.2. The van der Waals surface area contributed by atoms with E-state index in [0.29, 0.717) is 0 Å². The van der Waals surface area contributed by atoms with Crippen LogP contribution in [-0.4, -0.2) is 4.98 Å². The van der Waals surface area contributed by atoms with E-state index in [2.05, 4.69) is 47.5 Å². The SMILES string of the molecule is C1=Cc2cncc3cc4ccccc4c(c23)C1. The Morgan fingerprint density at radius 1 is 1.00 bits per heavy atom. The fourth-order valence-corrected chi connectivity index (χ4v) is 2.79. The summed E-state index contributed by atoms with van der Waals surface area (Å²) in [5.41, 5.74) is 2.69. The van der Waals surface area contributed by atoms with E-state index in [-0.39, 0.29) is 0 Å². The largest absolute Gasteiger partial charge is 0.263 e. The Labute approximate surface area is 99.4 Å². The van der Waals surface area contributed by atoms with Gasteiger partial charge in [0.1, 0.15) is 0 Å². The summed E-state index contributed by atoms with van der Waals surface area (Å²) in [5, 5.41) is 5.31. The lowest BCUT2D eigenvalue weighted by Gasteiger charge is -2.15. The molecule has 0 saturated carbocycles. The van der Waals surface area contributed by atoms with Gasteiger partial charge in [0, 0.05) is 23.3 Å². The molecular formula is C16H11N. The third kappa shape index (κ3) is 1.17. The summed E-state index contributed by atoms with van der Waals surface area (Å²) in [6.07, 6.45) is 9.35. The highest BCUT2D eigenvalue weighted by Crippen LogP contribution is 2.33. The number of pyridine rings is 1. The molecular weight excluding hydrogens is 206 g/mol. The Bertz CT molecular complexity index is 769. The molecule has 1 heterocycles. The maximum absolute atomic E-state index is 4.31. The molecule has 80 valence electrons. The van der Waals surface area contributed by atoms with Gasteiger partial charge in [-0.25, -0.2) is 0 Å². The summed E-state index contributed by atoms with van der Waals surface area (Å²) in [7, 11) is 0. The van der Waals surface area contributed by atoms with Gasteiger partial charge >= 0.3 is 0 Å². The Kier molecular flexibility index (Phi) is 1.67. The molecule has 0 amide bonds. The topological polar surface area (TPSA) is 12.9 Å². The molecule has 1 aromatic heterocycles. The van der Waals surface area contributed by atoms with E-state index in [1.54, 1.807) is 0 Å². The van der Waals surface area contributed by atoms with E-state index < -0.39 is 0 Å². The summed E-state index contributed by atoms with van der Waals surface area (Å²) in [6.45, 7) is 0. The Morgan fingerprint density at radius 2 is 1.94 bits per heavy atom. The number of nitrogens with zero attached hydrogens (tertiary/aromatic N) is 1. The normalized spacial score (nSPS) is 13.4. The van der Waals surface area contributed by atoms with Crippen LogP contribution in [0.3, 0.4) is 0 Å². The molecule has 0 atom stereocenters. The molecule has 0 bridgehead atoms. The third-order valence-electron chi connectivity index (χ3n) is 3.52. The average Bonchev–Trinajstić information content (AvgIpc) is 2.39. The number of hydrogen-bond acceptors (Lipinski definition) is 1. The molecule has 3 aromatic rings. The summed E-state index contributed by atoms with van der Waals surface area (Å²) in [5.74, 6) is 0. The number of benzene rings is 2. The molecule has 0 spiro atoms. The molecule has 0 N–H and O–H groups in total. The summed E-state index contributed by atoms with van der Waals surface area (Å²) in [6, 6.07) is 10.8. The van der Waals surface area contributed by atoms with Crippen LogP contribution in [0.1, 0.15) is 11.1 Å². The molecule has 1 heteroatoms. The second-order valence-corrected chi connectivity index (χ2v) is 4.51. The molecule has 0 saturated heterocycles. The lowest BCUT2D eigenvalue weighted by molar-refractivity contribution is 1.28. The smallest absolute Gasteiger partial charge is 0.0347 e. The van der Waals surface area contributed by atoms with Crippen molar-refractivity contribution in [2.75, 3.05) is 0 Å². The average molecular weight is 217 g/mol. The van der Waals surface area contributed by atoms with E-state index >= 15 is 0 Å². The van der Waals surface area contributed by atoms with Gasteiger partial charge in [-0.2, -0.15) is 0 Å². The Balaban J connectivity index is 2.33. The number of aromatic nitrogens is 1. The van der Waals surface area contributed by atoms with Gasteiger partial charge in [0.2, 0.25) is 0 Å². The first kappa shape index (κ1) is 8.94. The van der Waals surface area contributed by atoms with Crippen molar-refractivity contribution in [3.63, 3.8) is 0 Å². The van der Waals surface area contributed by atoms with Gasteiger partial charge < -0.3 is 0 Å². The van der Waals surface area contributed by atoms with Crippen molar-refractivity contribution in [2.45, 2.75) is 6.42 Å². The lowest BCUT2D eigenvalue weighted by atomic mass is 9.90. The monoisotopic (exact) mass is 217 g/mol. The van der Waals surface area contributed by atoms with Gasteiger partial charge in [0.05, 0.1) is 0 Å². The van der Waals surface area contributed by atoms with Crippen LogP contribution in [0.15, 0.2) is 48.8 Å². The van der Waals surface area contributed by atoms with Gasteiger partial charge in [-0.15, -0.1) is 0 Å². The predicted molar refractivity (Wildman–Crippen MR) is 72.0 cm³/mol. The molecule has 0 fully saturated rings. The molecule has 1 aliphatic carbocycles. The van der Waals surface area contributed by atoms with Crippen molar-refractivity contribution >= 4 is 27.6 Å². The van der Waals surface area contributed by atoms with E-state index in [9.17, 15) is 0 Å². The van der Waals surface area contributed by atoms with E-state index in [4.69, 9.17) is 0 Å². The minimum Gasteiger partial charge on any atom is -0.263 e. The van der Waals surface area contributed by atoms with Crippen molar-refractivity contribution in [3.05, 3.63) is 59.9 Å². The molecule has 1 nitrogen and oxygen atoms in total. The van der Waals surface area contributed by atoms with Crippen LogP contribution in [-0.2, 0) is 6.42 Å². The Hall–Kier alpha value is -2.15. The highest BCUT2D eigenvalue weighted by Gasteiger charge is 2.12. The van der Waals surface area contributed by atoms with Gasteiger partial charge in [0.15, 0.2) is 0 Å². The van der Waals surface area contributed by atoms with Gasteiger partial charge in [-0.3, -0.25) is 4.98 Å². The van der Waals surface area contributed by atoms with Crippen LogP contribution in [0.2, 0.25) is 0 Å². The van der Waals surface area contributed by atoms with Gasteiger partial charge in [-0.1, -0.05) is 36.4 Å². The summed E-state index contributed by atoms with van der Waals surface area (Å²) < 4.78 is 0. The highest BCUT2D eigenvalue weighted by molar-refractivity contribution is 6.06. The predicted octanol–water partition coefficient (Wildman–Crippen LogP) is 3.96. The molecule has 2 aromatic carbocycles. The summed E-state index contributed by atoms with van der Waals surface area (Å²) in [4.78, 5) is 4.31. The first-order chi connectivity index (χ1) is 8.43. The van der Waals surface area contributed by atoms with E-state index in [1.165, 1.54) is 32.7 Å². The zero-order valence-corrected chi connectivity index (χ0v) is 9.35. The fourth-order valence-electron chi connectivity index (χ4n) is 2.79. The molecule has 0 aliphatic heterocycles. The highest BCUT2D eigenvalue weighted by atomic mass is 14.6. The minimum atomic E-state index is 1.02. The number of allylic oxidation sites excluding steroid dienone is 1. The maximum atomic E-state index is 4.31. The molecule has 4 rings (SSSR count). The molecule has 1 aliphatic rings. The zero-order valence-electron chi connectivity index (χ0n) is 9.35. The molecule has 0 unspecified atom stereocenters. The third-order valence-corrected chi connectivity index (χ3v) is 3.52. The van der Waals surface area contributed by atoms with Crippen molar-refractivity contribution < 1.29 is 0 Å². The van der Waals surface area contributed by atoms with Crippen LogP contribution < -0.4 is 0 Å². The van der Waals surface area contributed by atoms with E-state index in [1.807, 2.05) is 12.4 Å². The first-order valence-corrected chi connectivity index (χ1v) is 5.88. The summed E-state index contributed by atoms with van der Waals surface area (Å²) >= 11 is 0. The fraction of sp³-hybridized carbons (Fsp3) is 0.0625. The molecule has 17 heavy (non-hydrogen) atoms. The Morgan fingerprint density at radius 3 is 2.94 bits per heavy atom. The van der Waals surface area contributed by atoms with Crippen molar-refractivity contribution in [1.29, 1.82) is 0 Å². The van der Waals surface area contributed by atoms with Crippen molar-refractivity contribution in [3.8, 4) is 0 Å². The second-order valence-electron chi connectivity index (χ2n) is 4.51. The number of hydrogen-bond donors (Lipinski definition) is 0. The van der Waals surface area contributed by atoms with Crippen molar-refractivity contribution in [1.82, 2.24) is 4.98 Å². The molecule has 0 radical (unpaired) electrons. The van der Waals surface area contributed by atoms with Crippen LogP contribution in [0.4, 0.5) is 0 Å². The maximum Gasteiger partial charge on any atom is 0.0347 e. The standard InChI is InChI=1S/C16H11N/c1-2-6-14-11(4-1)8-13-10-17-9-12-5-3-7-15(14)16(12)13/h1-6,8-10H,7H2. The van der Waals surface area contributed by atoms with Crippen LogP contribution >= 0.6 is 0 Å². The number of fused-ring (bicyclic) bond motifs is 2. The first-order valence-electron chi connectivity index (χ1n) is 5.88. The van der Waals surface area contributed by atoms with Crippen molar-refractivity contribution in [2.24, 2.45) is 0 Å². The second kappa shape index (κ2) is 3.17. The van der Waals surface area contributed by atoms with Gasteiger partial charge in [-0.05, 0) is 34.2 Å². The van der Waals surface area contributed by atoms with Crippen LogP contribution in [0, 0.1) is 0 Å². The van der Waals surface area contributed by atoms with Gasteiger partial charge in [0.25, 0.3) is 0 Å². The minimum absolute atomic E-state index is 1.02. The van der Waals surface area contributed by atoms with Crippen LogP contribution in [0.5, 0.6) is 0 Å². The quantitative estimate of drug-likeness (QED) is 0.519. The van der Waals surface area contributed by atoms with Crippen LogP contribution in [0.25, 0.3) is 27.6 Å². The lowest BCUT2D eigenvalue weighted by Crippen LogP contribution is -1.95. The number of rotatable bonds is 0.